The lowest BCUT2D eigenvalue weighted by atomic mass is 10.2. The molecule has 0 bridgehead atoms. The molecule has 140 valence electrons. The first-order valence-corrected chi connectivity index (χ1v) is 8.72. The van der Waals surface area contributed by atoms with E-state index in [0.29, 0.717) is 35.8 Å². The Labute approximate surface area is 159 Å². The molecule has 1 aromatic carbocycles. The molecule has 27 heavy (non-hydrogen) atoms. The quantitative estimate of drug-likeness (QED) is 0.506. The van der Waals surface area contributed by atoms with Crippen molar-refractivity contribution in [2.75, 3.05) is 11.9 Å². The number of carbonyl (C=O) groups is 1. The number of nitro benzene ring substituents is 1. The van der Waals surface area contributed by atoms with E-state index in [-0.39, 0.29) is 16.4 Å². The Morgan fingerprint density at radius 2 is 2.15 bits per heavy atom. The molecule has 0 aliphatic rings. The van der Waals surface area contributed by atoms with Gasteiger partial charge in [-0.25, -0.2) is 4.98 Å². The summed E-state index contributed by atoms with van der Waals surface area (Å²) in [6.45, 7) is 4.25. The highest BCUT2D eigenvalue weighted by atomic mass is 35.5. The minimum absolute atomic E-state index is 0.0828. The van der Waals surface area contributed by atoms with Crippen LogP contribution in [0.3, 0.4) is 0 Å². The average molecular weight is 389 g/mol. The summed E-state index contributed by atoms with van der Waals surface area (Å²) in [5.74, 6) is 0.172. The number of non-ortho nitro benzene ring substituents is 1. The molecule has 0 aliphatic carbocycles. The number of amides is 1. The summed E-state index contributed by atoms with van der Waals surface area (Å²) in [5.41, 5.74) is 1.66. The Balaban J connectivity index is 2.01. The molecule has 3 rings (SSSR count). The van der Waals surface area contributed by atoms with Crippen LogP contribution in [0.5, 0.6) is 5.75 Å². The van der Waals surface area contributed by atoms with Gasteiger partial charge in [-0.2, -0.15) is 0 Å². The van der Waals surface area contributed by atoms with Gasteiger partial charge in [0.25, 0.3) is 11.6 Å². The van der Waals surface area contributed by atoms with Crippen LogP contribution in [-0.4, -0.2) is 26.8 Å². The van der Waals surface area contributed by atoms with Crippen molar-refractivity contribution in [3.05, 3.63) is 63.1 Å². The van der Waals surface area contributed by atoms with E-state index in [4.69, 9.17) is 16.3 Å². The van der Waals surface area contributed by atoms with Gasteiger partial charge in [0.05, 0.1) is 27.9 Å². The zero-order chi connectivity index (χ0) is 19.6. The second-order valence-electron chi connectivity index (χ2n) is 5.64. The number of pyridine rings is 1. The Bertz CT molecular complexity index is 1030. The third kappa shape index (κ3) is 3.56. The van der Waals surface area contributed by atoms with E-state index in [2.05, 4.69) is 10.3 Å². The van der Waals surface area contributed by atoms with Crippen molar-refractivity contribution in [1.29, 1.82) is 0 Å². The van der Waals surface area contributed by atoms with E-state index in [0.717, 1.165) is 0 Å². The summed E-state index contributed by atoms with van der Waals surface area (Å²) in [6.07, 6.45) is 2.28. The number of fused-ring (bicyclic) bond motifs is 1. The van der Waals surface area contributed by atoms with Gasteiger partial charge in [-0.15, -0.1) is 0 Å². The third-order valence-electron chi connectivity index (χ3n) is 3.95. The first kappa shape index (κ1) is 18.7. The number of benzene rings is 1. The van der Waals surface area contributed by atoms with Crippen molar-refractivity contribution in [3.63, 3.8) is 0 Å². The number of hydrogen-bond donors (Lipinski definition) is 1. The van der Waals surface area contributed by atoms with E-state index in [1.54, 1.807) is 22.7 Å². The molecule has 0 aliphatic heterocycles. The normalized spacial score (nSPS) is 10.8. The highest BCUT2D eigenvalue weighted by Gasteiger charge is 2.21. The highest BCUT2D eigenvalue weighted by molar-refractivity contribution is 6.34. The van der Waals surface area contributed by atoms with E-state index in [1.165, 1.54) is 18.2 Å². The molecule has 8 nitrogen and oxygen atoms in total. The SMILES string of the molecule is CCOc1cccn2c(C(=O)Nc3ccc([N+](=O)[O-])cc3Cl)c(CC)nc12. The summed E-state index contributed by atoms with van der Waals surface area (Å²) in [6, 6.07) is 7.44. The van der Waals surface area contributed by atoms with Crippen molar-refractivity contribution in [2.24, 2.45) is 0 Å². The summed E-state index contributed by atoms with van der Waals surface area (Å²) in [7, 11) is 0. The minimum Gasteiger partial charge on any atom is -0.490 e. The van der Waals surface area contributed by atoms with Crippen molar-refractivity contribution < 1.29 is 14.5 Å². The number of nitrogens with one attached hydrogen (secondary N) is 1. The zero-order valence-electron chi connectivity index (χ0n) is 14.7. The van der Waals surface area contributed by atoms with Gasteiger partial charge in [-0.3, -0.25) is 19.3 Å². The number of imidazole rings is 1. The van der Waals surface area contributed by atoms with Gasteiger partial charge in [0.15, 0.2) is 11.4 Å². The number of carbonyl (C=O) groups excluding carboxylic acids is 1. The van der Waals surface area contributed by atoms with E-state index in [1.807, 2.05) is 13.8 Å². The largest absolute Gasteiger partial charge is 0.490 e. The lowest BCUT2D eigenvalue weighted by Gasteiger charge is -2.09. The van der Waals surface area contributed by atoms with Crippen molar-refractivity contribution in [3.8, 4) is 5.75 Å². The van der Waals surface area contributed by atoms with Gasteiger partial charge >= 0.3 is 0 Å². The van der Waals surface area contributed by atoms with Gasteiger partial charge < -0.3 is 10.1 Å². The van der Waals surface area contributed by atoms with Gasteiger partial charge in [0.2, 0.25) is 0 Å². The summed E-state index contributed by atoms with van der Waals surface area (Å²) in [5, 5.41) is 13.6. The number of aromatic nitrogens is 2. The first-order valence-electron chi connectivity index (χ1n) is 8.34. The van der Waals surface area contributed by atoms with Crippen molar-refractivity contribution >= 4 is 34.5 Å². The fraction of sp³-hybridized carbons (Fsp3) is 0.222. The molecule has 9 heteroatoms. The molecular weight excluding hydrogens is 372 g/mol. The summed E-state index contributed by atoms with van der Waals surface area (Å²) in [4.78, 5) is 27.7. The molecule has 0 fully saturated rings. The topological polar surface area (TPSA) is 98.8 Å². The lowest BCUT2D eigenvalue weighted by molar-refractivity contribution is -0.384. The van der Waals surface area contributed by atoms with Gasteiger partial charge in [0, 0.05) is 18.3 Å². The van der Waals surface area contributed by atoms with Crippen LogP contribution in [0.4, 0.5) is 11.4 Å². The van der Waals surface area contributed by atoms with E-state index >= 15 is 0 Å². The highest BCUT2D eigenvalue weighted by Crippen LogP contribution is 2.28. The van der Waals surface area contributed by atoms with Crippen molar-refractivity contribution in [2.45, 2.75) is 20.3 Å². The Morgan fingerprint density at radius 3 is 2.78 bits per heavy atom. The maximum atomic E-state index is 12.9. The molecule has 0 saturated heterocycles. The van der Waals surface area contributed by atoms with Crippen LogP contribution in [0, 0.1) is 10.1 Å². The van der Waals surface area contributed by atoms with E-state index < -0.39 is 10.8 Å². The molecule has 0 spiro atoms. The van der Waals surface area contributed by atoms with Crippen LogP contribution in [0.2, 0.25) is 5.02 Å². The number of ether oxygens (including phenoxy) is 1. The number of hydrogen-bond acceptors (Lipinski definition) is 5. The van der Waals surface area contributed by atoms with Crippen molar-refractivity contribution in [1.82, 2.24) is 9.38 Å². The monoisotopic (exact) mass is 388 g/mol. The predicted molar refractivity (Wildman–Crippen MR) is 102 cm³/mol. The fourth-order valence-electron chi connectivity index (χ4n) is 2.75. The Kier molecular flexibility index (Phi) is 5.27. The first-order chi connectivity index (χ1) is 13.0. The second kappa shape index (κ2) is 7.63. The zero-order valence-corrected chi connectivity index (χ0v) is 15.5. The number of aryl methyl sites for hydroxylation is 1. The van der Waals surface area contributed by atoms with Gasteiger partial charge in [-0.05, 0) is 31.5 Å². The van der Waals surface area contributed by atoms with Crippen LogP contribution in [0.1, 0.15) is 30.0 Å². The Morgan fingerprint density at radius 1 is 1.37 bits per heavy atom. The molecular formula is C18H17ClN4O4. The molecule has 0 saturated carbocycles. The molecule has 0 radical (unpaired) electrons. The lowest BCUT2D eigenvalue weighted by Crippen LogP contribution is -2.16. The molecule has 0 atom stereocenters. The number of rotatable bonds is 6. The van der Waals surface area contributed by atoms with E-state index in [9.17, 15) is 14.9 Å². The number of nitrogens with zero attached hydrogens (tertiary/aromatic N) is 3. The fourth-order valence-corrected chi connectivity index (χ4v) is 2.97. The molecule has 1 N–H and O–H groups in total. The maximum absolute atomic E-state index is 12.9. The van der Waals surface area contributed by atoms with Gasteiger partial charge in [-0.1, -0.05) is 18.5 Å². The smallest absolute Gasteiger partial charge is 0.274 e. The Hall–Kier alpha value is -3.13. The second-order valence-corrected chi connectivity index (χ2v) is 6.04. The van der Waals surface area contributed by atoms with Gasteiger partial charge in [0.1, 0.15) is 5.69 Å². The average Bonchev–Trinajstić information content (AvgIpc) is 3.03. The molecule has 2 aromatic heterocycles. The van der Waals surface area contributed by atoms with Crippen LogP contribution >= 0.6 is 11.6 Å². The van der Waals surface area contributed by atoms with Crippen LogP contribution in [-0.2, 0) is 6.42 Å². The number of halogens is 1. The van der Waals surface area contributed by atoms with Crippen LogP contribution in [0.25, 0.3) is 5.65 Å². The number of anilines is 1. The molecule has 2 heterocycles. The summed E-state index contributed by atoms with van der Waals surface area (Å²) >= 11 is 6.08. The van der Waals surface area contributed by atoms with Crippen LogP contribution < -0.4 is 10.1 Å². The predicted octanol–water partition coefficient (Wildman–Crippen LogP) is 4.11. The standard InChI is InChI=1S/C18H17ClN4O4/c1-3-13-16(22-9-5-6-15(27-4-2)17(22)20-13)18(24)21-14-8-7-11(23(25)26)10-12(14)19/h5-10H,3-4H2,1-2H3,(H,21,24). The number of nitro groups is 1. The summed E-state index contributed by atoms with van der Waals surface area (Å²) < 4.78 is 7.25. The maximum Gasteiger partial charge on any atom is 0.274 e. The third-order valence-corrected chi connectivity index (χ3v) is 4.26. The minimum atomic E-state index is -0.549. The molecule has 1 amide bonds. The molecule has 0 unspecified atom stereocenters. The molecule has 3 aromatic rings. The van der Waals surface area contributed by atoms with Crippen LogP contribution in [0.15, 0.2) is 36.5 Å².